The van der Waals surface area contributed by atoms with E-state index in [1.54, 1.807) is 28.8 Å². The zero-order valence-electron chi connectivity index (χ0n) is 17.1. The maximum absolute atomic E-state index is 15.0. The Bertz CT molecular complexity index is 1180. The Hall–Kier alpha value is -2.90. The number of benzene rings is 1. The molecule has 2 fully saturated rings. The summed E-state index contributed by atoms with van der Waals surface area (Å²) in [5, 5.41) is 12.5. The number of hydrogen-bond acceptors (Lipinski definition) is 4. The van der Waals surface area contributed by atoms with Gasteiger partial charge < -0.3 is 10.0 Å². The molecule has 8 heteroatoms. The molecule has 1 spiro atoms. The molecule has 1 saturated heterocycles. The van der Waals surface area contributed by atoms with Gasteiger partial charge in [-0.3, -0.25) is 19.3 Å². The topological polar surface area (TPSA) is 65.8 Å². The first-order chi connectivity index (χ1) is 14.8. The Labute approximate surface area is 177 Å². The molecule has 2 aromatic rings. The number of carbonyl (C=O) groups excluding carboxylic acids is 1. The van der Waals surface area contributed by atoms with Gasteiger partial charge in [0.15, 0.2) is 11.4 Å². The van der Waals surface area contributed by atoms with Crippen LogP contribution in [-0.4, -0.2) is 39.7 Å². The molecule has 1 aromatic heterocycles. The van der Waals surface area contributed by atoms with Crippen LogP contribution in [0.1, 0.15) is 65.7 Å². The summed E-state index contributed by atoms with van der Waals surface area (Å²) >= 11 is 0. The van der Waals surface area contributed by atoms with Gasteiger partial charge >= 0.3 is 0 Å². The summed E-state index contributed by atoms with van der Waals surface area (Å²) in [5.74, 6) is -4.53. The van der Waals surface area contributed by atoms with Gasteiger partial charge in [0.2, 0.25) is 5.43 Å². The predicted molar refractivity (Wildman–Crippen MR) is 109 cm³/mol. The van der Waals surface area contributed by atoms with Crippen molar-refractivity contribution >= 4 is 5.91 Å². The van der Waals surface area contributed by atoms with Crippen molar-refractivity contribution < 1.29 is 18.7 Å². The Morgan fingerprint density at radius 3 is 2.58 bits per heavy atom. The Morgan fingerprint density at radius 2 is 1.81 bits per heavy atom. The van der Waals surface area contributed by atoms with E-state index in [-0.39, 0.29) is 29.7 Å². The number of aromatic nitrogens is 1. The molecular weight excluding hydrogens is 404 g/mol. The summed E-state index contributed by atoms with van der Waals surface area (Å²) in [4.78, 5) is 26.7. The van der Waals surface area contributed by atoms with Crippen LogP contribution in [0, 0.1) is 5.41 Å². The van der Waals surface area contributed by atoms with Crippen LogP contribution in [0.25, 0.3) is 0 Å². The van der Waals surface area contributed by atoms with Gasteiger partial charge in [0.25, 0.3) is 11.8 Å². The van der Waals surface area contributed by atoms with Crippen LogP contribution >= 0.6 is 0 Å². The molecular formula is C23H23F2N3O3. The zero-order chi connectivity index (χ0) is 21.7. The van der Waals surface area contributed by atoms with Gasteiger partial charge in [0, 0.05) is 31.6 Å². The van der Waals surface area contributed by atoms with Gasteiger partial charge in [-0.1, -0.05) is 24.3 Å². The van der Waals surface area contributed by atoms with E-state index in [1.807, 2.05) is 17.1 Å². The Balaban J connectivity index is 1.62. The van der Waals surface area contributed by atoms with Gasteiger partial charge in [-0.2, -0.15) is 0 Å². The number of amides is 1. The standard InChI is InChI=1S/C23H23F2N3O3/c1-26-17-6-8-22-9-10-23(24,25)15(12-22)13-4-2-3-5-14(13)20(22)28(17)27-11-7-16(29)19(30)18(27)21(26)31/h2-5,7,11,15,17,20,30H,6,8-10,12H2,1H3. The number of rotatable bonds is 0. The monoisotopic (exact) mass is 427 g/mol. The SMILES string of the molecule is CN1C(=O)c2c(O)c(=O)ccn2N2C1CCC13CCC(F)(F)C(C1)c1ccccc1C23. The first kappa shape index (κ1) is 18.8. The molecule has 3 heterocycles. The maximum Gasteiger partial charge on any atom is 0.277 e. The van der Waals surface area contributed by atoms with Crippen molar-refractivity contribution in [2.45, 2.75) is 56.2 Å². The first-order valence-electron chi connectivity index (χ1n) is 10.7. The zero-order valence-corrected chi connectivity index (χ0v) is 17.1. The molecule has 1 aromatic carbocycles. The van der Waals surface area contributed by atoms with Gasteiger partial charge in [-0.05, 0) is 42.2 Å². The van der Waals surface area contributed by atoms with Crippen molar-refractivity contribution in [1.82, 2.24) is 9.58 Å². The van der Waals surface area contributed by atoms with E-state index < -0.39 is 28.9 Å². The highest BCUT2D eigenvalue weighted by Crippen LogP contribution is 2.66. The van der Waals surface area contributed by atoms with Crippen molar-refractivity contribution in [3.63, 3.8) is 0 Å². The summed E-state index contributed by atoms with van der Waals surface area (Å²) in [6.07, 6.45) is 3.27. The molecule has 31 heavy (non-hydrogen) atoms. The fourth-order valence-electron chi connectivity index (χ4n) is 6.60. The Kier molecular flexibility index (Phi) is 3.56. The Morgan fingerprint density at radius 1 is 1.06 bits per heavy atom. The van der Waals surface area contributed by atoms with Crippen LogP contribution in [0.4, 0.5) is 8.78 Å². The molecule has 0 radical (unpaired) electrons. The van der Waals surface area contributed by atoms with E-state index >= 15 is 0 Å². The number of fused-ring (bicyclic) bond motifs is 8. The lowest BCUT2D eigenvalue weighted by atomic mass is 9.53. The number of nitrogens with zero attached hydrogens (tertiary/aromatic N) is 3. The van der Waals surface area contributed by atoms with Crippen LogP contribution in [0.5, 0.6) is 5.75 Å². The van der Waals surface area contributed by atoms with Gasteiger partial charge in [-0.15, -0.1) is 0 Å². The average molecular weight is 427 g/mol. The number of carbonyl (C=O) groups is 1. The molecule has 1 N–H and O–H groups in total. The summed E-state index contributed by atoms with van der Waals surface area (Å²) in [6, 6.07) is 8.42. The van der Waals surface area contributed by atoms with Gasteiger partial charge in [0.1, 0.15) is 6.17 Å². The van der Waals surface area contributed by atoms with Gasteiger partial charge in [0.05, 0.1) is 6.04 Å². The number of hydrogen-bond donors (Lipinski definition) is 1. The third kappa shape index (κ3) is 2.25. The van der Waals surface area contributed by atoms with E-state index in [2.05, 4.69) is 0 Å². The van der Waals surface area contributed by atoms with Crippen LogP contribution < -0.4 is 10.4 Å². The lowest BCUT2D eigenvalue weighted by Crippen LogP contribution is -2.68. The highest BCUT2D eigenvalue weighted by atomic mass is 19.3. The van der Waals surface area contributed by atoms with Crippen molar-refractivity contribution in [3.8, 4) is 5.75 Å². The molecule has 2 aliphatic heterocycles. The van der Waals surface area contributed by atoms with Gasteiger partial charge in [-0.25, -0.2) is 8.78 Å². The van der Waals surface area contributed by atoms with E-state index in [9.17, 15) is 23.5 Å². The summed E-state index contributed by atoms with van der Waals surface area (Å²) in [5.41, 5.74) is 0.493. The molecule has 4 aliphatic rings. The second-order valence-corrected chi connectivity index (χ2v) is 9.45. The molecule has 1 saturated carbocycles. The second-order valence-electron chi connectivity index (χ2n) is 9.45. The van der Waals surface area contributed by atoms with E-state index in [0.29, 0.717) is 24.8 Å². The third-order valence-corrected chi connectivity index (χ3v) is 8.07. The van der Waals surface area contributed by atoms with Crippen molar-refractivity contribution in [2.24, 2.45) is 5.41 Å². The number of halogens is 2. The number of aromatic hydroxyl groups is 1. The molecule has 6 rings (SSSR count). The molecule has 2 bridgehead atoms. The van der Waals surface area contributed by atoms with E-state index in [4.69, 9.17) is 0 Å². The molecule has 6 nitrogen and oxygen atoms in total. The van der Waals surface area contributed by atoms with Crippen LogP contribution in [0.15, 0.2) is 41.3 Å². The molecule has 4 atom stereocenters. The third-order valence-electron chi connectivity index (χ3n) is 8.07. The quantitative estimate of drug-likeness (QED) is 0.701. The maximum atomic E-state index is 15.0. The molecule has 4 unspecified atom stereocenters. The average Bonchev–Trinajstić information content (AvgIpc) is 2.76. The number of pyridine rings is 1. The van der Waals surface area contributed by atoms with Crippen LogP contribution in [0.3, 0.4) is 0 Å². The molecule has 1 amide bonds. The minimum atomic E-state index is -2.74. The minimum absolute atomic E-state index is 0.0657. The predicted octanol–water partition coefficient (Wildman–Crippen LogP) is 3.34. The minimum Gasteiger partial charge on any atom is -0.502 e. The highest BCUT2D eigenvalue weighted by Gasteiger charge is 2.62. The summed E-state index contributed by atoms with van der Waals surface area (Å²) < 4.78 is 31.5. The molecule has 2 aliphatic carbocycles. The lowest BCUT2D eigenvalue weighted by molar-refractivity contribution is -0.115. The van der Waals surface area contributed by atoms with Crippen molar-refractivity contribution in [2.75, 3.05) is 12.1 Å². The van der Waals surface area contributed by atoms with E-state index in [1.165, 1.54) is 12.3 Å². The largest absolute Gasteiger partial charge is 0.502 e. The van der Waals surface area contributed by atoms with Crippen molar-refractivity contribution in [3.05, 3.63) is 63.6 Å². The normalized spacial score (nSPS) is 32.6. The van der Waals surface area contributed by atoms with Crippen LogP contribution in [-0.2, 0) is 0 Å². The first-order valence-corrected chi connectivity index (χ1v) is 10.7. The fraction of sp³-hybridized carbons (Fsp3) is 0.478. The number of alkyl halides is 2. The van der Waals surface area contributed by atoms with Crippen molar-refractivity contribution in [1.29, 1.82) is 0 Å². The number of piperidine rings is 1. The smallest absolute Gasteiger partial charge is 0.277 e. The fourth-order valence-corrected chi connectivity index (χ4v) is 6.60. The summed E-state index contributed by atoms with van der Waals surface area (Å²) in [6.45, 7) is 0. The van der Waals surface area contributed by atoms with Crippen LogP contribution in [0.2, 0.25) is 0 Å². The highest BCUT2D eigenvalue weighted by molar-refractivity contribution is 5.96. The lowest BCUT2D eigenvalue weighted by Gasteiger charge is -2.63. The van der Waals surface area contributed by atoms with E-state index in [0.717, 1.165) is 12.0 Å². The summed E-state index contributed by atoms with van der Waals surface area (Å²) in [7, 11) is 1.67. The second kappa shape index (κ2) is 5.87. The molecule has 162 valence electrons.